The van der Waals surface area contributed by atoms with E-state index in [1.54, 1.807) is 0 Å². The zero-order valence-corrected chi connectivity index (χ0v) is 13.6. The maximum absolute atomic E-state index is 10.2. The number of hydrogen-bond donors (Lipinski definition) is 1. The van der Waals surface area contributed by atoms with Crippen LogP contribution in [0.25, 0.3) is 0 Å². The summed E-state index contributed by atoms with van der Waals surface area (Å²) in [5.74, 6) is 1.08. The molecule has 0 radical (unpaired) electrons. The molecule has 0 aromatic rings. The van der Waals surface area contributed by atoms with Gasteiger partial charge in [0.1, 0.15) is 0 Å². The van der Waals surface area contributed by atoms with Crippen molar-refractivity contribution < 1.29 is 5.48 Å². The van der Waals surface area contributed by atoms with Gasteiger partial charge in [-0.2, -0.15) is 0 Å². The first-order valence-corrected chi connectivity index (χ1v) is 9.37. The first-order chi connectivity index (χ1) is 9.93. The number of unbranched alkanes of at least 4 members (excludes halogenated alkanes) is 9. The van der Waals surface area contributed by atoms with Gasteiger partial charge in [-0.25, -0.2) is 0 Å². The smallest absolute Gasteiger partial charge is 0.0752 e. The van der Waals surface area contributed by atoms with E-state index in [1.807, 2.05) is 0 Å². The van der Waals surface area contributed by atoms with Crippen LogP contribution in [-0.2, 0) is 0 Å². The molecule has 1 rings (SSSR count). The van der Waals surface area contributed by atoms with Crippen LogP contribution in [-0.4, -0.2) is 6.54 Å². The van der Waals surface area contributed by atoms with Gasteiger partial charge in [0.15, 0.2) is 0 Å². The molecule has 1 saturated carbocycles. The van der Waals surface area contributed by atoms with Crippen molar-refractivity contribution in [3.63, 3.8) is 0 Å². The maximum Gasteiger partial charge on any atom is 0.0752 e. The SMILES string of the molecule is [O-][NH2+]CCCCCCCCCCCCC1CCCCC1. The molecule has 0 aromatic heterocycles. The van der Waals surface area contributed by atoms with Crippen molar-refractivity contribution in [3.05, 3.63) is 5.21 Å². The zero-order valence-electron chi connectivity index (χ0n) is 13.6. The molecular formula is C18H37NO. The van der Waals surface area contributed by atoms with Gasteiger partial charge in [0.25, 0.3) is 0 Å². The van der Waals surface area contributed by atoms with Crippen LogP contribution in [0.5, 0.6) is 0 Å². The van der Waals surface area contributed by atoms with Crippen molar-refractivity contribution in [1.82, 2.24) is 0 Å². The van der Waals surface area contributed by atoms with Crippen molar-refractivity contribution in [2.75, 3.05) is 6.54 Å². The van der Waals surface area contributed by atoms with Crippen LogP contribution in [0.2, 0.25) is 0 Å². The van der Waals surface area contributed by atoms with E-state index in [2.05, 4.69) is 0 Å². The molecule has 2 heteroatoms. The molecule has 0 atom stereocenters. The topological polar surface area (TPSA) is 39.7 Å². The Bertz CT molecular complexity index is 190. The summed E-state index contributed by atoms with van der Waals surface area (Å²) in [5.41, 5.74) is 1.05. The number of nitrogens with two attached hydrogens (primary N) is 1. The Morgan fingerprint density at radius 1 is 0.650 bits per heavy atom. The van der Waals surface area contributed by atoms with E-state index in [9.17, 15) is 5.21 Å². The van der Waals surface area contributed by atoms with E-state index in [4.69, 9.17) is 0 Å². The summed E-state index contributed by atoms with van der Waals surface area (Å²) in [5, 5.41) is 10.2. The molecule has 20 heavy (non-hydrogen) atoms. The van der Waals surface area contributed by atoms with Gasteiger partial charge in [0.2, 0.25) is 0 Å². The Morgan fingerprint density at radius 2 is 1.15 bits per heavy atom. The third-order valence-electron chi connectivity index (χ3n) is 4.91. The summed E-state index contributed by atoms with van der Waals surface area (Å²) >= 11 is 0. The van der Waals surface area contributed by atoms with E-state index in [0.29, 0.717) is 0 Å². The van der Waals surface area contributed by atoms with Gasteiger partial charge in [0.05, 0.1) is 6.54 Å². The van der Waals surface area contributed by atoms with E-state index in [-0.39, 0.29) is 0 Å². The lowest BCUT2D eigenvalue weighted by Crippen LogP contribution is -2.77. The second-order valence-corrected chi connectivity index (χ2v) is 6.78. The Labute approximate surface area is 126 Å². The van der Waals surface area contributed by atoms with E-state index in [0.717, 1.165) is 24.4 Å². The minimum Gasteiger partial charge on any atom is -0.636 e. The lowest BCUT2D eigenvalue weighted by atomic mass is 9.85. The predicted molar refractivity (Wildman–Crippen MR) is 87.5 cm³/mol. The van der Waals surface area contributed by atoms with Gasteiger partial charge >= 0.3 is 0 Å². The van der Waals surface area contributed by atoms with Crippen molar-refractivity contribution in [1.29, 1.82) is 0 Å². The second kappa shape index (κ2) is 13.9. The number of hydroxylamine groups is 1. The quantitative estimate of drug-likeness (QED) is 0.378. The molecule has 0 aliphatic heterocycles. The number of hydrogen-bond acceptors (Lipinski definition) is 1. The van der Waals surface area contributed by atoms with Crippen LogP contribution >= 0.6 is 0 Å². The molecule has 2 nitrogen and oxygen atoms in total. The molecule has 1 aliphatic rings. The van der Waals surface area contributed by atoms with Gasteiger partial charge in [-0.15, -0.1) is 0 Å². The molecule has 0 unspecified atom stereocenters. The Morgan fingerprint density at radius 3 is 1.70 bits per heavy atom. The zero-order chi connectivity index (χ0) is 14.3. The van der Waals surface area contributed by atoms with Crippen LogP contribution in [0.1, 0.15) is 103 Å². The molecule has 120 valence electrons. The van der Waals surface area contributed by atoms with Gasteiger partial charge in [0, 0.05) is 0 Å². The Hall–Kier alpha value is -0.0800. The standard InChI is InChI=1S/C18H37NO/c20-19-17-13-8-6-4-2-1-3-5-7-10-14-18-15-11-9-12-16-18/h18H,1-17,19H2. The molecule has 1 fully saturated rings. The van der Waals surface area contributed by atoms with Crippen LogP contribution in [0, 0.1) is 11.1 Å². The summed E-state index contributed by atoms with van der Waals surface area (Å²) in [6.45, 7) is 0.765. The molecule has 0 aromatic carbocycles. The van der Waals surface area contributed by atoms with Crippen LogP contribution in [0.4, 0.5) is 0 Å². The second-order valence-electron chi connectivity index (χ2n) is 6.78. The molecule has 0 spiro atoms. The predicted octanol–water partition coefficient (Wildman–Crippen LogP) is 4.92. The molecule has 0 amide bonds. The normalized spacial score (nSPS) is 16.6. The van der Waals surface area contributed by atoms with Crippen LogP contribution in [0.15, 0.2) is 0 Å². The summed E-state index contributed by atoms with van der Waals surface area (Å²) in [4.78, 5) is 0. The molecule has 0 saturated heterocycles. The van der Waals surface area contributed by atoms with Gasteiger partial charge in [-0.05, 0) is 18.8 Å². The molecule has 0 bridgehead atoms. The summed E-state index contributed by atoms with van der Waals surface area (Å²) in [6, 6.07) is 0. The van der Waals surface area contributed by atoms with E-state index >= 15 is 0 Å². The fourth-order valence-electron chi connectivity index (χ4n) is 3.55. The van der Waals surface area contributed by atoms with Crippen molar-refractivity contribution in [2.24, 2.45) is 5.92 Å². The minimum atomic E-state index is 0.765. The van der Waals surface area contributed by atoms with Gasteiger partial charge in [-0.3, -0.25) is 0 Å². The average molecular weight is 284 g/mol. The largest absolute Gasteiger partial charge is 0.636 e. The first kappa shape index (κ1) is 18.0. The fraction of sp³-hybridized carbons (Fsp3) is 1.00. The minimum absolute atomic E-state index is 0.765. The lowest BCUT2D eigenvalue weighted by Gasteiger charge is -2.21. The number of rotatable bonds is 13. The summed E-state index contributed by atoms with van der Waals surface area (Å²) < 4.78 is 0. The van der Waals surface area contributed by atoms with E-state index in [1.165, 1.54) is 96.3 Å². The van der Waals surface area contributed by atoms with Gasteiger partial charge < -0.3 is 10.7 Å². The third-order valence-corrected chi connectivity index (χ3v) is 4.91. The molecule has 1 aliphatic carbocycles. The summed E-state index contributed by atoms with van der Waals surface area (Å²) in [6.07, 6.45) is 22.8. The monoisotopic (exact) mass is 283 g/mol. The van der Waals surface area contributed by atoms with Crippen molar-refractivity contribution in [2.45, 2.75) is 103 Å². The van der Waals surface area contributed by atoms with E-state index < -0.39 is 0 Å². The third kappa shape index (κ3) is 10.7. The number of quaternary nitrogens is 1. The Balaban J connectivity index is 1.70. The van der Waals surface area contributed by atoms with Gasteiger partial charge in [-0.1, -0.05) is 89.9 Å². The highest BCUT2D eigenvalue weighted by molar-refractivity contribution is 4.65. The molecule has 0 heterocycles. The van der Waals surface area contributed by atoms with Crippen LogP contribution < -0.4 is 5.48 Å². The average Bonchev–Trinajstić information content (AvgIpc) is 2.49. The molecule has 2 N–H and O–H groups in total. The lowest BCUT2D eigenvalue weighted by molar-refractivity contribution is -0.589. The first-order valence-electron chi connectivity index (χ1n) is 9.37. The Kier molecular flexibility index (Phi) is 12.5. The highest BCUT2D eigenvalue weighted by atomic mass is 16.5. The highest BCUT2D eigenvalue weighted by Gasteiger charge is 2.12. The van der Waals surface area contributed by atoms with Crippen molar-refractivity contribution in [3.8, 4) is 0 Å². The fourth-order valence-corrected chi connectivity index (χ4v) is 3.55. The summed E-state index contributed by atoms with van der Waals surface area (Å²) in [7, 11) is 0. The molecular weight excluding hydrogens is 246 g/mol. The maximum atomic E-state index is 10.2. The van der Waals surface area contributed by atoms with Crippen LogP contribution in [0.3, 0.4) is 0 Å². The van der Waals surface area contributed by atoms with Crippen molar-refractivity contribution >= 4 is 0 Å². The highest BCUT2D eigenvalue weighted by Crippen LogP contribution is 2.28.